The molecule has 0 spiro atoms. The van der Waals surface area contributed by atoms with Gasteiger partial charge in [-0.15, -0.1) is 0 Å². The lowest BCUT2D eigenvalue weighted by molar-refractivity contribution is -0.199. The number of guanidine groups is 1. The second kappa shape index (κ2) is 8.16. The van der Waals surface area contributed by atoms with Crippen molar-refractivity contribution in [3.8, 4) is 0 Å². The minimum absolute atomic E-state index is 0.0793. The summed E-state index contributed by atoms with van der Waals surface area (Å²) in [4.78, 5) is 4.04. The molecular weight excluding hydrogens is 531 g/mol. The van der Waals surface area contributed by atoms with Crippen molar-refractivity contribution in [1.82, 2.24) is 0 Å². The minimum Gasteiger partial charge on any atom is -0.405 e. The summed E-state index contributed by atoms with van der Waals surface area (Å²) in [6.45, 7) is 9.94. The van der Waals surface area contributed by atoms with Crippen LogP contribution in [0.3, 0.4) is 0 Å². The fraction of sp³-hybridized carbons (Fsp3) is 0.938. The van der Waals surface area contributed by atoms with E-state index in [4.69, 9.17) is 20.8 Å². The number of hydrogen-bond acceptors (Lipinski definition) is 3. The van der Waals surface area contributed by atoms with Crippen molar-refractivity contribution < 1.29 is 9.31 Å². The summed E-state index contributed by atoms with van der Waals surface area (Å²) in [5.41, 5.74) is 11.0. The Hall–Kier alpha value is 0.715. The first-order valence-corrected chi connectivity index (χ1v) is 15.1. The van der Waals surface area contributed by atoms with Crippen LogP contribution in [-0.2, 0) is 9.31 Å². The monoisotopic (exact) mass is 561 g/mol. The molecule has 5 nitrogen and oxygen atoms in total. The van der Waals surface area contributed by atoms with E-state index in [0.29, 0.717) is 23.7 Å². The zero-order valence-electron chi connectivity index (χ0n) is 15.1. The first kappa shape index (κ1) is 21.0. The summed E-state index contributed by atoms with van der Waals surface area (Å²) in [6, 6.07) is 0. The van der Waals surface area contributed by atoms with Crippen molar-refractivity contribution in [1.29, 1.82) is 0 Å². The van der Waals surface area contributed by atoms with Crippen LogP contribution in [0.1, 0.15) is 53.4 Å². The third-order valence-electron chi connectivity index (χ3n) is 6.55. The second-order valence-electron chi connectivity index (χ2n) is 8.26. The van der Waals surface area contributed by atoms with Crippen LogP contribution in [0.15, 0.2) is 4.99 Å². The molecule has 0 aromatic rings. The van der Waals surface area contributed by atoms with Gasteiger partial charge in [0.25, 0.3) is 0 Å². The SMILES string of the molecule is CC(CCCN=C(N)N)B1OC2CC3CC(C3(C)C)[C@]2(C)O1.II. The predicted molar refractivity (Wildman–Crippen MR) is 117 cm³/mol. The molecule has 1 saturated heterocycles. The van der Waals surface area contributed by atoms with Gasteiger partial charge >= 0.3 is 7.12 Å². The van der Waals surface area contributed by atoms with Crippen LogP contribution >= 0.6 is 37.2 Å². The lowest BCUT2D eigenvalue weighted by atomic mass is 9.43. The molecule has 4 N–H and O–H groups in total. The van der Waals surface area contributed by atoms with Crippen LogP contribution in [0, 0.1) is 17.3 Å². The van der Waals surface area contributed by atoms with E-state index in [9.17, 15) is 0 Å². The van der Waals surface area contributed by atoms with Crippen molar-refractivity contribution in [3.05, 3.63) is 0 Å². The van der Waals surface area contributed by atoms with Crippen molar-refractivity contribution in [2.75, 3.05) is 6.54 Å². The first-order valence-electron chi connectivity index (χ1n) is 8.78. The van der Waals surface area contributed by atoms with Gasteiger partial charge in [-0.2, -0.15) is 0 Å². The van der Waals surface area contributed by atoms with Gasteiger partial charge in [-0.25, -0.2) is 0 Å². The van der Waals surface area contributed by atoms with Gasteiger partial charge in [0, 0.05) is 43.8 Å². The molecular formula is C16H30BI2N3O2. The minimum atomic E-state index is -0.100. The van der Waals surface area contributed by atoms with Gasteiger partial charge < -0.3 is 20.8 Å². The summed E-state index contributed by atoms with van der Waals surface area (Å²) in [6.07, 6.45) is 4.70. The lowest BCUT2D eigenvalue weighted by Gasteiger charge is -2.64. The molecule has 0 radical (unpaired) electrons. The molecule has 3 aliphatic carbocycles. The average Bonchev–Trinajstić information content (AvgIpc) is 2.90. The van der Waals surface area contributed by atoms with Gasteiger partial charge in [0.1, 0.15) is 0 Å². The summed E-state index contributed by atoms with van der Waals surface area (Å²) in [5, 5.41) is 0. The molecule has 0 aromatic carbocycles. The Labute approximate surface area is 169 Å². The second-order valence-corrected chi connectivity index (χ2v) is 8.26. The third-order valence-corrected chi connectivity index (χ3v) is 6.55. The predicted octanol–water partition coefficient (Wildman–Crippen LogP) is 3.93. The zero-order valence-corrected chi connectivity index (χ0v) is 19.4. The lowest BCUT2D eigenvalue weighted by Crippen LogP contribution is -2.65. The van der Waals surface area contributed by atoms with Crippen molar-refractivity contribution >= 4 is 50.3 Å². The highest BCUT2D eigenvalue weighted by Gasteiger charge is 2.68. The van der Waals surface area contributed by atoms with Crippen LogP contribution < -0.4 is 11.5 Å². The Kier molecular flexibility index (Phi) is 7.15. The maximum absolute atomic E-state index is 6.47. The van der Waals surface area contributed by atoms with E-state index < -0.39 is 0 Å². The summed E-state index contributed by atoms with van der Waals surface area (Å²) in [7, 11) is -0.0793. The highest BCUT2D eigenvalue weighted by molar-refractivity contribution is 15.0. The Balaban J connectivity index is 0.00000100. The molecule has 24 heavy (non-hydrogen) atoms. The molecule has 4 rings (SSSR count). The molecule has 1 heterocycles. The smallest absolute Gasteiger partial charge is 0.405 e. The van der Waals surface area contributed by atoms with E-state index >= 15 is 0 Å². The topological polar surface area (TPSA) is 82.9 Å². The van der Waals surface area contributed by atoms with Crippen LogP contribution in [-0.4, -0.2) is 31.3 Å². The van der Waals surface area contributed by atoms with Crippen LogP contribution in [0.4, 0.5) is 0 Å². The molecule has 1 aliphatic heterocycles. The van der Waals surface area contributed by atoms with E-state index in [1.165, 1.54) is 6.42 Å². The highest BCUT2D eigenvalue weighted by Crippen LogP contribution is 2.66. The molecule has 0 amide bonds. The Morgan fingerprint density at radius 3 is 2.54 bits per heavy atom. The molecule has 2 bridgehead atoms. The molecule has 4 unspecified atom stereocenters. The highest BCUT2D eigenvalue weighted by atomic mass is 128. The summed E-state index contributed by atoms with van der Waals surface area (Å²) in [5.74, 6) is 1.97. The normalized spacial score (nSPS) is 36.8. The van der Waals surface area contributed by atoms with Crippen molar-refractivity contribution in [2.24, 2.45) is 33.7 Å². The summed E-state index contributed by atoms with van der Waals surface area (Å²) < 4.78 is 12.8. The zero-order chi connectivity index (χ0) is 18.1. The van der Waals surface area contributed by atoms with Gasteiger partial charge in [-0.1, -0.05) is 27.2 Å². The molecule has 138 valence electrons. The molecule has 4 fully saturated rings. The first-order chi connectivity index (χ1) is 11.2. The Morgan fingerprint density at radius 1 is 1.29 bits per heavy atom. The van der Waals surface area contributed by atoms with Crippen molar-refractivity contribution in [2.45, 2.75) is 70.9 Å². The third kappa shape index (κ3) is 3.85. The van der Waals surface area contributed by atoms with Gasteiger partial charge in [0.15, 0.2) is 5.96 Å². The Morgan fingerprint density at radius 2 is 1.96 bits per heavy atom. The van der Waals surface area contributed by atoms with Crippen molar-refractivity contribution in [3.63, 3.8) is 0 Å². The Bertz CT molecular complexity index is 476. The average molecular weight is 561 g/mol. The number of halogens is 2. The van der Waals surface area contributed by atoms with Gasteiger partial charge in [-0.3, -0.25) is 4.99 Å². The molecule has 0 aromatic heterocycles. The van der Waals surface area contributed by atoms with E-state index in [1.54, 1.807) is 0 Å². The molecule has 5 atom stereocenters. The number of nitrogens with zero attached hydrogens (tertiary/aromatic N) is 1. The fourth-order valence-corrected chi connectivity index (χ4v) is 4.90. The molecule has 8 heteroatoms. The van der Waals surface area contributed by atoms with Crippen LogP contribution in [0.2, 0.25) is 5.82 Å². The van der Waals surface area contributed by atoms with Gasteiger partial charge in [0.2, 0.25) is 0 Å². The number of hydrogen-bond donors (Lipinski definition) is 2. The molecule has 3 saturated carbocycles. The van der Waals surface area contributed by atoms with Gasteiger partial charge in [-0.05, 0) is 49.3 Å². The van der Waals surface area contributed by atoms with Crippen LogP contribution in [0.25, 0.3) is 0 Å². The number of nitrogens with two attached hydrogens (primary N) is 2. The molecule has 4 aliphatic rings. The summed E-state index contributed by atoms with van der Waals surface area (Å²) >= 11 is 4.24. The van der Waals surface area contributed by atoms with E-state index in [1.807, 2.05) is 0 Å². The largest absolute Gasteiger partial charge is 0.460 e. The quantitative estimate of drug-likeness (QED) is 0.175. The van der Waals surface area contributed by atoms with E-state index in [0.717, 1.165) is 25.2 Å². The van der Waals surface area contributed by atoms with Gasteiger partial charge in [0.05, 0.1) is 11.7 Å². The number of aliphatic imine (C=N–C) groups is 1. The van der Waals surface area contributed by atoms with E-state index in [2.05, 4.69) is 69.9 Å². The number of rotatable bonds is 5. The maximum atomic E-state index is 6.47. The van der Waals surface area contributed by atoms with Crippen LogP contribution in [0.5, 0.6) is 0 Å². The standard InChI is InChI=1S/C16H30BN3O2.I2/c1-10(6-5-7-20-14(18)19)17-21-13-9-11-8-12(15(11,2)3)16(13,4)22-17;1-2/h10-13H,5-9H2,1-4H3,(H4,18,19,20);/t10?,11?,12?,13?,16-;/m0./s1. The fourth-order valence-electron chi connectivity index (χ4n) is 4.90. The van der Waals surface area contributed by atoms with E-state index in [-0.39, 0.29) is 24.8 Å². The maximum Gasteiger partial charge on any atom is 0.460 e.